The fraction of sp³-hybridized carbons (Fsp3) is 0.308. The van der Waals surface area contributed by atoms with Crippen molar-refractivity contribution < 1.29 is 4.79 Å². The number of allylic oxidation sites excluding steroid dienone is 1. The zero-order valence-corrected chi connectivity index (χ0v) is 10.9. The number of ketones is 1. The molecule has 1 aromatic carbocycles. The first-order valence-corrected chi connectivity index (χ1v) is 8.10. The van der Waals surface area contributed by atoms with Gasteiger partial charge in [0.15, 0.2) is 0 Å². The van der Waals surface area contributed by atoms with Gasteiger partial charge in [-0.15, -0.1) is 0 Å². The SMILES string of the molecule is O=C1/C=C(/c2ccccc2)[Te]CCCC1. The summed E-state index contributed by atoms with van der Waals surface area (Å²) in [6, 6.07) is 10.4. The summed E-state index contributed by atoms with van der Waals surface area (Å²) in [5, 5.41) is 0. The zero-order valence-electron chi connectivity index (χ0n) is 8.61. The van der Waals surface area contributed by atoms with Crippen molar-refractivity contribution in [2.75, 3.05) is 0 Å². The Morgan fingerprint density at radius 3 is 2.67 bits per heavy atom. The molecule has 1 heterocycles. The standard InChI is InChI=1S/C13H14OTe/c14-12-8-4-5-9-15-13(10-12)11-6-2-1-3-7-11/h1-3,6-7,10H,4-5,8-9H2/b13-10-. The molecule has 0 bridgehead atoms. The molecule has 0 spiro atoms. The zero-order chi connectivity index (χ0) is 10.5. The fourth-order valence-corrected chi connectivity index (χ4v) is 4.71. The molecule has 1 aliphatic heterocycles. The molecule has 1 aliphatic rings. The molecular formula is C13H14OTe. The van der Waals surface area contributed by atoms with Gasteiger partial charge >= 0.3 is 101 Å². The van der Waals surface area contributed by atoms with Gasteiger partial charge in [-0.05, 0) is 0 Å². The second kappa shape index (κ2) is 5.49. The minimum absolute atomic E-state index is 0.144. The first kappa shape index (κ1) is 10.9. The van der Waals surface area contributed by atoms with Crippen molar-refractivity contribution in [3.63, 3.8) is 0 Å². The molecular weight excluding hydrogens is 300 g/mol. The maximum atomic E-state index is 11.6. The van der Waals surface area contributed by atoms with E-state index in [4.69, 9.17) is 0 Å². The van der Waals surface area contributed by atoms with Crippen LogP contribution in [0.25, 0.3) is 3.62 Å². The summed E-state index contributed by atoms with van der Waals surface area (Å²) in [4.78, 5) is 11.6. The Kier molecular flexibility index (Phi) is 4.00. The van der Waals surface area contributed by atoms with Crippen LogP contribution >= 0.6 is 0 Å². The minimum atomic E-state index is -0.144. The molecule has 0 amide bonds. The summed E-state index contributed by atoms with van der Waals surface area (Å²) in [5.41, 5.74) is 1.26. The van der Waals surface area contributed by atoms with Gasteiger partial charge in [0.1, 0.15) is 0 Å². The van der Waals surface area contributed by atoms with Crippen molar-refractivity contribution in [2.24, 2.45) is 0 Å². The molecule has 0 saturated carbocycles. The van der Waals surface area contributed by atoms with Gasteiger partial charge in [0.2, 0.25) is 0 Å². The van der Waals surface area contributed by atoms with E-state index in [1.165, 1.54) is 20.1 Å². The van der Waals surface area contributed by atoms with Gasteiger partial charge in [0.05, 0.1) is 0 Å². The molecule has 0 saturated heterocycles. The normalized spacial score (nSPS) is 21.3. The van der Waals surface area contributed by atoms with Crippen LogP contribution in [0.4, 0.5) is 0 Å². The number of hydrogen-bond donors (Lipinski definition) is 0. The van der Waals surface area contributed by atoms with Gasteiger partial charge in [0.25, 0.3) is 0 Å². The summed E-state index contributed by atoms with van der Waals surface area (Å²) in [6.45, 7) is 0. The van der Waals surface area contributed by atoms with Gasteiger partial charge in [-0.2, -0.15) is 0 Å². The van der Waals surface area contributed by atoms with Crippen molar-refractivity contribution in [3.8, 4) is 0 Å². The molecule has 1 nitrogen and oxygen atoms in total. The molecule has 0 aromatic heterocycles. The average molecular weight is 314 g/mol. The van der Waals surface area contributed by atoms with Crippen molar-refractivity contribution >= 4 is 30.3 Å². The van der Waals surface area contributed by atoms with Gasteiger partial charge in [0, 0.05) is 0 Å². The predicted molar refractivity (Wildman–Crippen MR) is 63.8 cm³/mol. The van der Waals surface area contributed by atoms with E-state index in [9.17, 15) is 4.79 Å². The van der Waals surface area contributed by atoms with Crippen LogP contribution in [-0.4, -0.2) is 26.7 Å². The van der Waals surface area contributed by atoms with Gasteiger partial charge in [-0.1, -0.05) is 0 Å². The molecule has 2 heteroatoms. The fourth-order valence-electron chi connectivity index (χ4n) is 1.61. The second-order valence-corrected chi connectivity index (χ2v) is 6.89. The Labute approximate surface area is 101 Å². The Hall–Kier alpha value is -0.580. The van der Waals surface area contributed by atoms with Gasteiger partial charge < -0.3 is 0 Å². The molecule has 0 fully saturated rings. The van der Waals surface area contributed by atoms with Gasteiger partial charge in [-0.25, -0.2) is 0 Å². The molecule has 0 N–H and O–H groups in total. The Morgan fingerprint density at radius 2 is 1.87 bits per heavy atom. The van der Waals surface area contributed by atoms with Crippen molar-refractivity contribution in [3.05, 3.63) is 42.0 Å². The number of rotatable bonds is 1. The molecule has 0 aliphatic carbocycles. The topological polar surface area (TPSA) is 17.1 Å². The summed E-state index contributed by atoms with van der Waals surface area (Å²) in [7, 11) is 0. The van der Waals surface area contributed by atoms with Crippen molar-refractivity contribution in [1.29, 1.82) is 0 Å². The van der Waals surface area contributed by atoms with Crippen LogP contribution in [0, 0.1) is 0 Å². The van der Waals surface area contributed by atoms with Crippen LogP contribution in [0.1, 0.15) is 24.8 Å². The van der Waals surface area contributed by atoms with E-state index in [-0.39, 0.29) is 20.9 Å². The number of carbonyl (C=O) groups excluding carboxylic acids is 1. The third kappa shape index (κ3) is 3.19. The van der Waals surface area contributed by atoms with E-state index in [1.54, 1.807) is 0 Å². The first-order chi connectivity index (χ1) is 7.36. The molecule has 1 aromatic rings. The third-order valence-electron chi connectivity index (χ3n) is 2.43. The van der Waals surface area contributed by atoms with E-state index in [0.717, 1.165) is 12.8 Å². The Bertz CT molecular complexity index is 367. The maximum absolute atomic E-state index is 11.6. The van der Waals surface area contributed by atoms with E-state index in [2.05, 4.69) is 12.1 Å². The number of benzene rings is 1. The van der Waals surface area contributed by atoms with Crippen molar-refractivity contribution in [1.82, 2.24) is 0 Å². The number of hydrogen-bond acceptors (Lipinski definition) is 1. The Morgan fingerprint density at radius 1 is 1.07 bits per heavy atom. The van der Waals surface area contributed by atoms with Crippen molar-refractivity contribution in [2.45, 2.75) is 23.7 Å². The summed E-state index contributed by atoms with van der Waals surface area (Å²) >= 11 is -0.144. The predicted octanol–water partition coefficient (Wildman–Crippen LogP) is 2.90. The monoisotopic (exact) mass is 316 g/mol. The van der Waals surface area contributed by atoms with E-state index in [0.29, 0.717) is 5.78 Å². The number of carbonyl (C=O) groups is 1. The molecule has 0 radical (unpaired) electrons. The molecule has 0 atom stereocenters. The van der Waals surface area contributed by atoms with Gasteiger partial charge in [-0.3, -0.25) is 0 Å². The van der Waals surface area contributed by atoms with Crippen LogP contribution in [0.15, 0.2) is 36.4 Å². The average Bonchev–Trinajstić information content (AvgIpc) is 2.24. The summed E-state index contributed by atoms with van der Waals surface area (Å²) in [6.07, 6.45) is 4.96. The van der Waals surface area contributed by atoms with Crippen LogP contribution in [0.5, 0.6) is 0 Å². The van der Waals surface area contributed by atoms with E-state index >= 15 is 0 Å². The van der Waals surface area contributed by atoms with Crippen LogP contribution in [0.3, 0.4) is 0 Å². The molecule has 78 valence electrons. The van der Waals surface area contributed by atoms with E-state index < -0.39 is 0 Å². The Balaban J connectivity index is 2.25. The first-order valence-electron chi connectivity index (χ1n) is 5.29. The quantitative estimate of drug-likeness (QED) is 0.729. The third-order valence-corrected chi connectivity index (χ3v) is 5.73. The summed E-state index contributed by atoms with van der Waals surface area (Å²) < 4.78 is 2.67. The van der Waals surface area contributed by atoms with Crippen LogP contribution < -0.4 is 0 Å². The molecule has 15 heavy (non-hydrogen) atoms. The molecule has 2 rings (SSSR count). The van der Waals surface area contributed by atoms with E-state index in [1.807, 2.05) is 24.3 Å². The van der Waals surface area contributed by atoms with Crippen LogP contribution in [0.2, 0.25) is 4.47 Å². The summed E-state index contributed by atoms with van der Waals surface area (Å²) in [5.74, 6) is 0.318. The molecule has 0 unspecified atom stereocenters. The van der Waals surface area contributed by atoms with Crippen LogP contribution in [-0.2, 0) is 4.79 Å². The second-order valence-electron chi connectivity index (χ2n) is 3.65.